The molecule has 9 nitrogen and oxygen atoms in total. The van der Waals surface area contributed by atoms with Gasteiger partial charge >= 0.3 is 5.76 Å². The van der Waals surface area contributed by atoms with Gasteiger partial charge in [0.15, 0.2) is 15.4 Å². The van der Waals surface area contributed by atoms with E-state index in [0.717, 1.165) is 16.7 Å². The third-order valence-corrected chi connectivity index (χ3v) is 7.55. The van der Waals surface area contributed by atoms with Crippen LogP contribution in [-0.4, -0.2) is 42.0 Å². The van der Waals surface area contributed by atoms with Crippen molar-refractivity contribution in [3.05, 3.63) is 58.6 Å². The number of hydrogen-bond acceptors (Lipinski definition) is 7. The number of benzene rings is 2. The van der Waals surface area contributed by atoms with Gasteiger partial charge in [0.1, 0.15) is 11.6 Å². The maximum Gasteiger partial charge on any atom is 0.419 e. The van der Waals surface area contributed by atoms with Crippen LogP contribution in [0.3, 0.4) is 0 Å². The normalized spacial score (nSPS) is 20.7. The molecule has 3 N–H and O–H groups in total. The quantitative estimate of drug-likeness (QED) is 0.581. The molecule has 0 bridgehead atoms. The van der Waals surface area contributed by atoms with E-state index in [0.29, 0.717) is 11.1 Å². The highest BCUT2D eigenvalue weighted by Gasteiger charge is 2.45. The molecule has 2 atom stereocenters. The largest absolute Gasteiger partial charge is 0.419 e. The number of nitrogens with one attached hydrogen (secondary N) is 1. The molecule has 2 aromatic carbocycles. The number of fused-ring (bicyclic) bond motifs is 1. The van der Waals surface area contributed by atoms with E-state index in [1.165, 1.54) is 4.57 Å². The van der Waals surface area contributed by atoms with Gasteiger partial charge in [0, 0.05) is 13.5 Å². The lowest BCUT2D eigenvalue weighted by Gasteiger charge is -2.23. The molecule has 32 heavy (non-hydrogen) atoms. The van der Waals surface area contributed by atoms with Crippen molar-refractivity contribution in [3.8, 4) is 17.2 Å². The number of sulfone groups is 1. The second kappa shape index (κ2) is 7.93. The summed E-state index contributed by atoms with van der Waals surface area (Å²) in [6, 6.07) is 14.1. The molecule has 0 aliphatic carbocycles. The van der Waals surface area contributed by atoms with Crippen LogP contribution in [0, 0.1) is 11.3 Å². The molecule has 1 unspecified atom stereocenters. The first kappa shape index (κ1) is 21.8. The van der Waals surface area contributed by atoms with Crippen molar-refractivity contribution in [2.75, 3.05) is 11.5 Å². The molecule has 1 fully saturated rings. The first-order valence-corrected chi connectivity index (χ1v) is 11.8. The van der Waals surface area contributed by atoms with Crippen LogP contribution in [0.4, 0.5) is 0 Å². The third-order valence-electron chi connectivity index (χ3n) is 5.77. The van der Waals surface area contributed by atoms with Crippen LogP contribution in [0.25, 0.3) is 22.2 Å². The van der Waals surface area contributed by atoms with Gasteiger partial charge in [-0.3, -0.25) is 9.36 Å². The average molecular weight is 455 g/mol. The monoisotopic (exact) mass is 454 g/mol. The van der Waals surface area contributed by atoms with E-state index in [4.69, 9.17) is 10.2 Å². The fourth-order valence-corrected chi connectivity index (χ4v) is 5.74. The van der Waals surface area contributed by atoms with Crippen molar-refractivity contribution in [1.82, 2.24) is 9.88 Å². The Hall–Kier alpha value is -3.42. The summed E-state index contributed by atoms with van der Waals surface area (Å²) in [6.07, 6.45) is 0.293. The van der Waals surface area contributed by atoms with E-state index in [9.17, 15) is 23.3 Å². The molecule has 3 aromatic rings. The van der Waals surface area contributed by atoms with E-state index in [1.54, 1.807) is 13.1 Å². The number of nitriles is 1. The van der Waals surface area contributed by atoms with Crippen molar-refractivity contribution in [3.63, 3.8) is 0 Å². The molecule has 10 heteroatoms. The first-order chi connectivity index (χ1) is 15.1. The van der Waals surface area contributed by atoms with Gasteiger partial charge < -0.3 is 15.5 Å². The topological polar surface area (TPSA) is 148 Å². The summed E-state index contributed by atoms with van der Waals surface area (Å²) in [6.45, 7) is 0. The van der Waals surface area contributed by atoms with Gasteiger partial charge in [-0.15, -0.1) is 0 Å². The minimum atomic E-state index is -3.34. The summed E-state index contributed by atoms with van der Waals surface area (Å²) >= 11 is 0. The molecule has 1 amide bonds. The molecule has 4 rings (SSSR count). The molecular formula is C22H22N4O5S. The second-order valence-electron chi connectivity index (χ2n) is 8.16. The summed E-state index contributed by atoms with van der Waals surface area (Å²) in [7, 11) is -1.70. The Morgan fingerprint density at radius 2 is 1.97 bits per heavy atom. The fourth-order valence-electron chi connectivity index (χ4n) is 3.86. The van der Waals surface area contributed by atoms with Crippen LogP contribution in [0.15, 0.2) is 51.7 Å². The Morgan fingerprint density at radius 3 is 2.59 bits per heavy atom. The minimum Gasteiger partial charge on any atom is -0.408 e. The minimum absolute atomic E-state index is 0.0423. The van der Waals surface area contributed by atoms with Crippen LogP contribution in [0.1, 0.15) is 12.0 Å². The van der Waals surface area contributed by atoms with E-state index in [2.05, 4.69) is 5.32 Å². The Labute approximate surface area is 184 Å². The van der Waals surface area contributed by atoms with Gasteiger partial charge in [-0.05, 0) is 35.2 Å². The molecule has 1 aromatic heterocycles. The van der Waals surface area contributed by atoms with E-state index in [1.807, 2.05) is 42.5 Å². The number of amides is 1. The van der Waals surface area contributed by atoms with Crippen molar-refractivity contribution in [2.24, 2.45) is 12.8 Å². The molecule has 166 valence electrons. The number of hydrogen-bond donors (Lipinski definition) is 2. The molecule has 1 aliphatic rings. The number of nitrogens with zero attached hydrogens (tertiary/aromatic N) is 2. The van der Waals surface area contributed by atoms with Crippen molar-refractivity contribution in [2.45, 2.75) is 24.4 Å². The Balaban J connectivity index is 1.47. The maximum absolute atomic E-state index is 12.5. The van der Waals surface area contributed by atoms with Crippen molar-refractivity contribution < 1.29 is 17.6 Å². The number of oxazole rings is 1. The predicted molar refractivity (Wildman–Crippen MR) is 118 cm³/mol. The van der Waals surface area contributed by atoms with Gasteiger partial charge in [-0.1, -0.05) is 30.3 Å². The van der Waals surface area contributed by atoms with Crippen LogP contribution >= 0.6 is 0 Å². The Morgan fingerprint density at radius 1 is 1.28 bits per heavy atom. The number of aromatic nitrogens is 1. The smallest absolute Gasteiger partial charge is 0.408 e. The van der Waals surface area contributed by atoms with Crippen LogP contribution < -0.4 is 16.8 Å². The standard InChI is InChI=1S/C22H22N4O5S/c1-26-18-11-16(6-7-19(18)31-21(26)28)15-4-2-14(3-5-15)10-17(12-23)25-20(27)22(24)8-9-32(29,30)13-22/h2-7,11,17H,8-10,13,24H2,1H3,(H,25,27)/t17-,22?/m0/s1. The van der Waals surface area contributed by atoms with Crippen LogP contribution in [0.2, 0.25) is 0 Å². The SMILES string of the molecule is Cn1c(=O)oc2ccc(-c3ccc(C[C@@H](C#N)NC(=O)C4(N)CCS(=O)(=O)C4)cc3)cc21. The van der Waals surface area contributed by atoms with E-state index < -0.39 is 38.8 Å². The average Bonchev–Trinajstić information content (AvgIpc) is 3.22. The maximum atomic E-state index is 12.5. The highest BCUT2D eigenvalue weighted by molar-refractivity contribution is 7.91. The summed E-state index contributed by atoms with van der Waals surface area (Å²) in [4.78, 5) is 24.2. The Bertz CT molecular complexity index is 1400. The van der Waals surface area contributed by atoms with Crippen molar-refractivity contribution in [1.29, 1.82) is 5.26 Å². The first-order valence-electron chi connectivity index (χ1n) is 9.99. The van der Waals surface area contributed by atoms with Gasteiger partial charge in [0.2, 0.25) is 5.91 Å². The fraction of sp³-hybridized carbons (Fsp3) is 0.318. The zero-order chi connectivity index (χ0) is 23.1. The van der Waals surface area contributed by atoms with E-state index >= 15 is 0 Å². The number of nitrogens with two attached hydrogens (primary N) is 1. The lowest BCUT2D eigenvalue weighted by Crippen LogP contribution is -2.57. The molecule has 0 radical (unpaired) electrons. The highest BCUT2D eigenvalue weighted by atomic mass is 32.2. The zero-order valence-corrected chi connectivity index (χ0v) is 18.2. The van der Waals surface area contributed by atoms with Gasteiger partial charge in [0.05, 0.1) is 23.1 Å². The van der Waals surface area contributed by atoms with Crippen LogP contribution in [0.5, 0.6) is 0 Å². The van der Waals surface area contributed by atoms with Gasteiger partial charge in [-0.2, -0.15) is 5.26 Å². The van der Waals surface area contributed by atoms with Gasteiger partial charge in [-0.25, -0.2) is 13.2 Å². The number of rotatable bonds is 5. The molecule has 0 spiro atoms. The summed E-state index contributed by atoms with van der Waals surface area (Å²) in [5.74, 6) is -1.59. The molecule has 1 aliphatic heterocycles. The predicted octanol–water partition coefficient (Wildman–Crippen LogP) is 0.865. The third kappa shape index (κ3) is 4.17. The summed E-state index contributed by atoms with van der Waals surface area (Å²) < 4.78 is 30.0. The van der Waals surface area contributed by atoms with Crippen LogP contribution in [-0.2, 0) is 28.1 Å². The van der Waals surface area contributed by atoms with E-state index in [-0.39, 0.29) is 18.6 Å². The molecular weight excluding hydrogens is 432 g/mol. The number of carbonyl (C=O) groups excluding carboxylic acids is 1. The molecule has 2 heterocycles. The molecule has 0 saturated carbocycles. The van der Waals surface area contributed by atoms with Crippen molar-refractivity contribution >= 4 is 26.8 Å². The zero-order valence-electron chi connectivity index (χ0n) is 17.4. The van der Waals surface area contributed by atoms with Gasteiger partial charge in [0.25, 0.3) is 0 Å². The lowest BCUT2D eigenvalue weighted by molar-refractivity contribution is -0.125. The highest BCUT2D eigenvalue weighted by Crippen LogP contribution is 2.25. The number of aryl methyl sites for hydroxylation is 1. The number of carbonyl (C=O) groups is 1. The lowest BCUT2D eigenvalue weighted by atomic mass is 9.97. The second-order valence-corrected chi connectivity index (χ2v) is 10.3. The summed E-state index contributed by atoms with van der Waals surface area (Å²) in [5.41, 5.74) is 8.32. The molecule has 1 saturated heterocycles. The Kier molecular flexibility index (Phi) is 5.40. The summed E-state index contributed by atoms with van der Waals surface area (Å²) in [5, 5.41) is 12.0.